The minimum absolute atomic E-state index is 0.0819. The van der Waals surface area contributed by atoms with Crippen molar-refractivity contribution in [1.29, 1.82) is 0 Å². The summed E-state index contributed by atoms with van der Waals surface area (Å²) in [4.78, 5) is 38.7. The van der Waals surface area contributed by atoms with Gasteiger partial charge in [-0.3, -0.25) is 9.59 Å². The molecule has 2 aromatic carbocycles. The first-order valence-corrected chi connectivity index (χ1v) is 9.57. The zero-order valence-electron chi connectivity index (χ0n) is 17.1. The lowest BCUT2D eigenvalue weighted by molar-refractivity contribution is -0.122. The Kier molecular flexibility index (Phi) is 6.56. The van der Waals surface area contributed by atoms with E-state index in [1.807, 2.05) is 0 Å². The largest absolute Gasteiger partial charge is 0.497 e. The van der Waals surface area contributed by atoms with E-state index in [4.69, 9.17) is 14.2 Å². The average molecular weight is 412 g/mol. The first kappa shape index (κ1) is 21.2. The van der Waals surface area contributed by atoms with Gasteiger partial charge in [0.1, 0.15) is 11.5 Å². The topological polar surface area (TPSA) is 94.2 Å². The van der Waals surface area contributed by atoms with Gasteiger partial charge < -0.3 is 24.4 Å². The third-order valence-electron chi connectivity index (χ3n) is 4.81. The highest BCUT2D eigenvalue weighted by Crippen LogP contribution is 2.36. The highest BCUT2D eigenvalue weighted by Gasteiger charge is 2.36. The van der Waals surface area contributed by atoms with Crippen LogP contribution in [-0.4, -0.2) is 45.2 Å². The molecule has 0 bridgehead atoms. The monoisotopic (exact) mass is 412 g/mol. The molecule has 8 nitrogen and oxygen atoms in total. The molecule has 0 radical (unpaired) electrons. The Hall–Kier alpha value is -3.55. The summed E-state index contributed by atoms with van der Waals surface area (Å²) < 4.78 is 15.5. The van der Waals surface area contributed by atoms with E-state index >= 15 is 0 Å². The van der Waals surface area contributed by atoms with Crippen molar-refractivity contribution in [3.05, 3.63) is 48.0 Å². The third kappa shape index (κ3) is 4.53. The number of nitrogens with one attached hydrogen (secondary N) is 1. The smallest absolute Gasteiger partial charge is 0.338 e. The van der Waals surface area contributed by atoms with Gasteiger partial charge in [0.2, 0.25) is 11.8 Å². The van der Waals surface area contributed by atoms with E-state index in [0.717, 1.165) is 0 Å². The second-order valence-corrected chi connectivity index (χ2v) is 6.73. The van der Waals surface area contributed by atoms with E-state index in [-0.39, 0.29) is 31.4 Å². The maximum atomic E-state index is 12.7. The Labute approximate surface area is 174 Å². The van der Waals surface area contributed by atoms with Crippen LogP contribution < -0.4 is 19.7 Å². The summed E-state index contributed by atoms with van der Waals surface area (Å²) in [5, 5.41) is 2.78. The average Bonchev–Trinajstić information content (AvgIpc) is 3.15. The van der Waals surface area contributed by atoms with Crippen LogP contribution >= 0.6 is 0 Å². The summed E-state index contributed by atoms with van der Waals surface area (Å²) in [7, 11) is 3.06. The van der Waals surface area contributed by atoms with Gasteiger partial charge in [-0.1, -0.05) is 6.07 Å². The van der Waals surface area contributed by atoms with Gasteiger partial charge in [-0.15, -0.1) is 0 Å². The number of nitrogens with zero attached hydrogens (tertiary/aromatic N) is 1. The molecule has 1 atom stereocenters. The van der Waals surface area contributed by atoms with Gasteiger partial charge in [-0.25, -0.2) is 4.79 Å². The van der Waals surface area contributed by atoms with Crippen LogP contribution in [0.5, 0.6) is 11.5 Å². The summed E-state index contributed by atoms with van der Waals surface area (Å²) in [6.45, 7) is 2.22. The van der Waals surface area contributed by atoms with E-state index in [0.29, 0.717) is 28.4 Å². The van der Waals surface area contributed by atoms with Crippen molar-refractivity contribution in [2.24, 2.45) is 5.92 Å². The van der Waals surface area contributed by atoms with Crippen molar-refractivity contribution in [3.8, 4) is 11.5 Å². The Morgan fingerprint density at radius 2 is 1.93 bits per heavy atom. The summed E-state index contributed by atoms with van der Waals surface area (Å²) in [5.74, 6) is -0.347. The molecule has 2 aromatic rings. The third-order valence-corrected chi connectivity index (χ3v) is 4.81. The Morgan fingerprint density at radius 3 is 2.63 bits per heavy atom. The summed E-state index contributed by atoms with van der Waals surface area (Å²) >= 11 is 0. The number of carbonyl (C=O) groups is 3. The normalized spacial score (nSPS) is 15.6. The van der Waals surface area contributed by atoms with E-state index < -0.39 is 11.9 Å². The molecule has 0 saturated carbocycles. The molecule has 30 heavy (non-hydrogen) atoms. The molecular weight excluding hydrogens is 388 g/mol. The maximum absolute atomic E-state index is 12.7. The summed E-state index contributed by atoms with van der Waals surface area (Å²) in [5.41, 5.74) is 1.41. The standard InChI is InChI=1S/C22H24N2O6/c1-4-30-22(27)14-6-5-7-16(10-14)23-21(26)15-11-20(25)24(13-15)18-9-8-17(28-2)12-19(18)29-3/h5-10,12,15H,4,11,13H2,1-3H3,(H,23,26)/t15-/m1/s1. The molecule has 0 unspecified atom stereocenters. The van der Waals surface area contributed by atoms with E-state index in [1.165, 1.54) is 12.0 Å². The lowest BCUT2D eigenvalue weighted by Gasteiger charge is -2.20. The summed E-state index contributed by atoms with van der Waals surface area (Å²) in [6, 6.07) is 11.7. The molecule has 1 heterocycles. The van der Waals surface area contributed by atoms with E-state index in [9.17, 15) is 14.4 Å². The molecular formula is C22H24N2O6. The minimum Gasteiger partial charge on any atom is -0.497 e. The lowest BCUT2D eigenvalue weighted by Crippen LogP contribution is -2.28. The molecule has 8 heteroatoms. The number of methoxy groups -OCH3 is 2. The van der Waals surface area contributed by atoms with Crippen LogP contribution in [0.1, 0.15) is 23.7 Å². The van der Waals surface area contributed by atoms with Crippen LogP contribution in [0.3, 0.4) is 0 Å². The van der Waals surface area contributed by atoms with Gasteiger partial charge >= 0.3 is 5.97 Å². The van der Waals surface area contributed by atoms with Crippen molar-refractivity contribution >= 4 is 29.2 Å². The van der Waals surface area contributed by atoms with Crippen LogP contribution in [0.4, 0.5) is 11.4 Å². The fraction of sp³-hybridized carbons (Fsp3) is 0.318. The SMILES string of the molecule is CCOC(=O)c1cccc(NC(=O)[C@@H]2CC(=O)N(c3ccc(OC)cc3OC)C2)c1. The maximum Gasteiger partial charge on any atom is 0.338 e. The first-order valence-electron chi connectivity index (χ1n) is 9.57. The van der Waals surface area contributed by atoms with Gasteiger partial charge in [0, 0.05) is 24.7 Å². The number of esters is 1. The fourth-order valence-corrected chi connectivity index (χ4v) is 3.31. The number of hydrogen-bond donors (Lipinski definition) is 1. The zero-order chi connectivity index (χ0) is 21.7. The fourth-order valence-electron chi connectivity index (χ4n) is 3.31. The van der Waals surface area contributed by atoms with Crippen molar-refractivity contribution < 1.29 is 28.6 Å². The number of rotatable bonds is 7. The van der Waals surface area contributed by atoms with Crippen LogP contribution in [0.2, 0.25) is 0 Å². The molecule has 3 rings (SSSR count). The second kappa shape index (κ2) is 9.30. The Balaban J connectivity index is 1.72. The quantitative estimate of drug-likeness (QED) is 0.703. The zero-order valence-corrected chi connectivity index (χ0v) is 17.1. The van der Waals surface area contributed by atoms with Crippen molar-refractivity contribution in [2.75, 3.05) is 37.6 Å². The van der Waals surface area contributed by atoms with Gasteiger partial charge in [0.15, 0.2) is 0 Å². The highest BCUT2D eigenvalue weighted by molar-refractivity contribution is 6.04. The Bertz CT molecular complexity index is 958. The molecule has 0 spiro atoms. The number of benzene rings is 2. The van der Waals surface area contributed by atoms with Gasteiger partial charge in [0.05, 0.1) is 38.0 Å². The minimum atomic E-state index is -0.532. The molecule has 1 fully saturated rings. The van der Waals surface area contributed by atoms with E-state index in [1.54, 1.807) is 56.5 Å². The predicted octanol–water partition coefficient (Wildman–Crippen LogP) is 2.87. The first-order chi connectivity index (χ1) is 14.5. The highest BCUT2D eigenvalue weighted by atomic mass is 16.5. The molecule has 1 aliphatic heterocycles. The van der Waals surface area contributed by atoms with Crippen LogP contribution in [0.25, 0.3) is 0 Å². The van der Waals surface area contributed by atoms with Crippen LogP contribution in [0, 0.1) is 5.92 Å². The molecule has 1 aliphatic rings. The van der Waals surface area contributed by atoms with Crippen LogP contribution in [0.15, 0.2) is 42.5 Å². The molecule has 2 amide bonds. The molecule has 0 aromatic heterocycles. The van der Waals surface area contributed by atoms with Crippen molar-refractivity contribution in [3.63, 3.8) is 0 Å². The molecule has 1 saturated heterocycles. The van der Waals surface area contributed by atoms with E-state index in [2.05, 4.69) is 5.32 Å². The van der Waals surface area contributed by atoms with Crippen molar-refractivity contribution in [1.82, 2.24) is 0 Å². The van der Waals surface area contributed by atoms with Gasteiger partial charge in [0.25, 0.3) is 0 Å². The number of anilines is 2. The number of hydrogen-bond acceptors (Lipinski definition) is 6. The number of amides is 2. The molecule has 158 valence electrons. The molecule has 0 aliphatic carbocycles. The van der Waals surface area contributed by atoms with Crippen LogP contribution in [-0.2, 0) is 14.3 Å². The lowest BCUT2D eigenvalue weighted by atomic mass is 10.1. The van der Waals surface area contributed by atoms with Gasteiger partial charge in [-0.2, -0.15) is 0 Å². The second-order valence-electron chi connectivity index (χ2n) is 6.73. The Morgan fingerprint density at radius 1 is 1.13 bits per heavy atom. The number of ether oxygens (including phenoxy) is 3. The predicted molar refractivity (Wildman–Crippen MR) is 111 cm³/mol. The molecule has 1 N–H and O–H groups in total. The van der Waals surface area contributed by atoms with Crippen molar-refractivity contribution in [2.45, 2.75) is 13.3 Å². The summed E-state index contributed by atoms with van der Waals surface area (Å²) in [6.07, 6.45) is 0.0819. The number of carbonyl (C=O) groups excluding carboxylic acids is 3. The van der Waals surface area contributed by atoms with Gasteiger partial charge in [-0.05, 0) is 37.3 Å².